The molecule has 8 nitrogen and oxygen atoms in total. The number of esters is 1. The van der Waals surface area contributed by atoms with E-state index in [-0.39, 0.29) is 12.2 Å². The van der Waals surface area contributed by atoms with Crippen molar-refractivity contribution in [1.29, 1.82) is 0 Å². The molecule has 3 rings (SSSR count). The van der Waals surface area contributed by atoms with Crippen molar-refractivity contribution in [3.63, 3.8) is 0 Å². The highest BCUT2D eigenvalue weighted by Crippen LogP contribution is 2.27. The fraction of sp³-hybridized carbons (Fsp3) is 0.263. The highest BCUT2D eigenvalue weighted by molar-refractivity contribution is 5.95. The number of aryl methyl sites for hydroxylation is 1. The van der Waals surface area contributed by atoms with Gasteiger partial charge < -0.3 is 14.4 Å². The van der Waals surface area contributed by atoms with Crippen molar-refractivity contribution >= 4 is 17.5 Å². The summed E-state index contributed by atoms with van der Waals surface area (Å²) >= 11 is 0. The Bertz CT molecular complexity index is 937. The molecule has 0 amide bonds. The first-order valence-corrected chi connectivity index (χ1v) is 8.47. The van der Waals surface area contributed by atoms with Crippen LogP contribution in [0.15, 0.2) is 42.9 Å². The molecule has 0 unspecified atom stereocenters. The van der Waals surface area contributed by atoms with E-state index in [4.69, 9.17) is 9.47 Å². The molecule has 0 aliphatic rings. The van der Waals surface area contributed by atoms with Gasteiger partial charge in [0.05, 0.1) is 19.9 Å². The smallest absolute Gasteiger partial charge is 0.343 e. The summed E-state index contributed by atoms with van der Waals surface area (Å²) in [5, 5.41) is 4.23. The van der Waals surface area contributed by atoms with Crippen LogP contribution in [0.3, 0.4) is 0 Å². The molecule has 0 atom stereocenters. The summed E-state index contributed by atoms with van der Waals surface area (Å²) in [7, 11) is 3.44. The molecule has 3 aromatic rings. The molecule has 1 aromatic carbocycles. The van der Waals surface area contributed by atoms with Gasteiger partial charge in [0.1, 0.15) is 11.3 Å². The third-order valence-corrected chi connectivity index (χ3v) is 3.95. The lowest BCUT2D eigenvalue weighted by molar-refractivity contribution is 0.0526. The van der Waals surface area contributed by atoms with Gasteiger partial charge in [-0.1, -0.05) is 0 Å². The highest BCUT2D eigenvalue weighted by atomic mass is 16.5. The van der Waals surface area contributed by atoms with Crippen LogP contribution in [-0.4, -0.2) is 46.5 Å². The summed E-state index contributed by atoms with van der Waals surface area (Å²) in [5.74, 6) is 1.06. The van der Waals surface area contributed by atoms with E-state index in [2.05, 4.69) is 15.1 Å². The molecule has 2 heterocycles. The van der Waals surface area contributed by atoms with E-state index in [0.29, 0.717) is 11.8 Å². The average Bonchev–Trinajstić information content (AvgIpc) is 3.13. The summed E-state index contributed by atoms with van der Waals surface area (Å²) in [5.41, 5.74) is 2.10. The van der Waals surface area contributed by atoms with Gasteiger partial charge in [0, 0.05) is 25.1 Å². The van der Waals surface area contributed by atoms with Gasteiger partial charge >= 0.3 is 5.97 Å². The van der Waals surface area contributed by atoms with Gasteiger partial charge in [0.25, 0.3) is 5.95 Å². The van der Waals surface area contributed by atoms with E-state index in [1.165, 1.54) is 6.20 Å². The van der Waals surface area contributed by atoms with E-state index < -0.39 is 5.97 Å². The number of aromatic nitrogens is 4. The number of nitrogens with zero attached hydrogens (tertiary/aromatic N) is 5. The zero-order valence-electron chi connectivity index (χ0n) is 15.7. The van der Waals surface area contributed by atoms with E-state index in [1.807, 2.05) is 44.4 Å². The Kier molecular flexibility index (Phi) is 5.35. The Hall–Kier alpha value is -3.42. The molecule has 8 heteroatoms. The number of hydrogen-bond donors (Lipinski definition) is 0. The van der Waals surface area contributed by atoms with Crippen molar-refractivity contribution in [2.75, 3.05) is 25.7 Å². The average molecular weight is 367 g/mol. The van der Waals surface area contributed by atoms with Crippen molar-refractivity contribution in [3.05, 3.63) is 54.0 Å². The fourth-order valence-corrected chi connectivity index (χ4v) is 2.53. The molecule has 0 saturated carbocycles. The van der Waals surface area contributed by atoms with Gasteiger partial charge in [-0.2, -0.15) is 10.1 Å². The van der Waals surface area contributed by atoms with Gasteiger partial charge in [-0.15, -0.1) is 0 Å². The Morgan fingerprint density at radius 1 is 1.22 bits per heavy atom. The SMILES string of the molecule is CCOC(=O)c1cnc(-n2cc(C)cn2)nc1N(C)c1ccc(OC)cc1. The Morgan fingerprint density at radius 3 is 2.56 bits per heavy atom. The Balaban J connectivity index is 2.06. The zero-order valence-corrected chi connectivity index (χ0v) is 15.7. The first-order valence-electron chi connectivity index (χ1n) is 8.47. The van der Waals surface area contributed by atoms with E-state index >= 15 is 0 Å². The molecular weight excluding hydrogens is 346 g/mol. The molecule has 0 bridgehead atoms. The first-order chi connectivity index (χ1) is 13.0. The monoisotopic (exact) mass is 367 g/mol. The number of carbonyl (C=O) groups is 1. The predicted octanol–water partition coefficient (Wildman–Crippen LogP) is 2.92. The van der Waals surface area contributed by atoms with Crippen molar-refractivity contribution < 1.29 is 14.3 Å². The van der Waals surface area contributed by atoms with E-state index in [0.717, 1.165) is 17.0 Å². The van der Waals surface area contributed by atoms with Crippen LogP contribution in [0.4, 0.5) is 11.5 Å². The van der Waals surface area contributed by atoms with Crippen LogP contribution < -0.4 is 9.64 Å². The van der Waals surface area contributed by atoms with E-state index in [9.17, 15) is 4.79 Å². The van der Waals surface area contributed by atoms with Gasteiger partial charge in [0.2, 0.25) is 0 Å². The van der Waals surface area contributed by atoms with Crippen LogP contribution in [0.2, 0.25) is 0 Å². The minimum Gasteiger partial charge on any atom is -0.497 e. The number of carbonyl (C=O) groups excluding carboxylic acids is 1. The summed E-state index contributed by atoms with van der Waals surface area (Å²) in [6.07, 6.45) is 5.00. The van der Waals surface area contributed by atoms with Crippen LogP contribution >= 0.6 is 0 Å². The first kappa shape index (κ1) is 18.4. The van der Waals surface area contributed by atoms with Crippen LogP contribution in [-0.2, 0) is 4.74 Å². The molecule has 0 aliphatic heterocycles. The van der Waals surface area contributed by atoms with Crippen LogP contribution in [0.25, 0.3) is 5.95 Å². The van der Waals surface area contributed by atoms with Crippen LogP contribution in [0.5, 0.6) is 5.75 Å². The minimum absolute atomic E-state index is 0.268. The van der Waals surface area contributed by atoms with Crippen molar-refractivity contribution in [2.45, 2.75) is 13.8 Å². The number of anilines is 2. The summed E-state index contributed by atoms with van der Waals surface area (Å²) in [6, 6.07) is 7.45. The summed E-state index contributed by atoms with van der Waals surface area (Å²) < 4.78 is 11.9. The molecular formula is C19H21N5O3. The minimum atomic E-state index is -0.476. The lowest BCUT2D eigenvalue weighted by atomic mass is 10.2. The third-order valence-electron chi connectivity index (χ3n) is 3.95. The van der Waals surface area contributed by atoms with Crippen LogP contribution in [0, 0.1) is 6.92 Å². The van der Waals surface area contributed by atoms with Gasteiger partial charge in [0.15, 0.2) is 5.82 Å². The molecule has 140 valence electrons. The molecule has 0 fully saturated rings. The van der Waals surface area contributed by atoms with Crippen molar-refractivity contribution in [2.24, 2.45) is 0 Å². The zero-order chi connectivity index (χ0) is 19.4. The maximum absolute atomic E-state index is 12.4. The lowest BCUT2D eigenvalue weighted by Crippen LogP contribution is -2.19. The molecule has 27 heavy (non-hydrogen) atoms. The molecule has 0 aliphatic carbocycles. The maximum Gasteiger partial charge on any atom is 0.343 e. The lowest BCUT2D eigenvalue weighted by Gasteiger charge is -2.21. The predicted molar refractivity (Wildman–Crippen MR) is 101 cm³/mol. The van der Waals surface area contributed by atoms with Crippen molar-refractivity contribution in [1.82, 2.24) is 19.7 Å². The Labute approximate surface area is 157 Å². The molecule has 0 N–H and O–H groups in total. The number of benzene rings is 1. The second-order valence-corrected chi connectivity index (χ2v) is 5.85. The summed E-state index contributed by atoms with van der Waals surface area (Å²) in [6.45, 7) is 3.96. The molecule has 0 saturated heterocycles. The standard InChI is InChI=1S/C19H21N5O3/c1-5-27-18(25)16-11-20-19(24-12-13(2)10-21-24)22-17(16)23(3)14-6-8-15(26-4)9-7-14/h6-12H,5H2,1-4H3. The summed E-state index contributed by atoms with van der Waals surface area (Å²) in [4.78, 5) is 23.0. The topological polar surface area (TPSA) is 82.4 Å². The third kappa shape index (κ3) is 3.89. The fourth-order valence-electron chi connectivity index (χ4n) is 2.53. The number of hydrogen-bond acceptors (Lipinski definition) is 7. The second kappa shape index (κ2) is 7.86. The Morgan fingerprint density at radius 2 is 1.96 bits per heavy atom. The maximum atomic E-state index is 12.4. The van der Waals surface area contributed by atoms with Crippen LogP contribution in [0.1, 0.15) is 22.8 Å². The van der Waals surface area contributed by atoms with Crippen molar-refractivity contribution in [3.8, 4) is 11.7 Å². The molecule has 0 spiro atoms. The quantitative estimate of drug-likeness (QED) is 0.620. The second-order valence-electron chi connectivity index (χ2n) is 5.85. The van der Waals surface area contributed by atoms with Gasteiger partial charge in [-0.3, -0.25) is 0 Å². The molecule has 0 radical (unpaired) electrons. The number of methoxy groups -OCH3 is 1. The largest absolute Gasteiger partial charge is 0.497 e. The van der Waals surface area contributed by atoms with Gasteiger partial charge in [-0.25, -0.2) is 14.5 Å². The van der Waals surface area contributed by atoms with E-state index in [1.54, 1.807) is 29.8 Å². The highest BCUT2D eigenvalue weighted by Gasteiger charge is 2.21. The van der Waals surface area contributed by atoms with Gasteiger partial charge in [-0.05, 0) is 43.7 Å². The molecule has 2 aromatic heterocycles. The number of rotatable bonds is 6. The normalized spacial score (nSPS) is 10.5. The number of ether oxygens (including phenoxy) is 2.